The summed E-state index contributed by atoms with van der Waals surface area (Å²) in [6.45, 7) is 1.38. The van der Waals surface area contributed by atoms with Gasteiger partial charge in [0.15, 0.2) is 5.65 Å². The van der Waals surface area contributed by atoms with Crippen molar-refractivity contribution in [3.8, 4) is 0 Å². The van der Waals surface area contributed by atoms with Crippen molar-refractivity contribution in [3.63, 3.8) is 0 Å². The third kappa shape index (κ3) is 4.26. The Bertz CT molecular complexity index is 1410. The molecule has 2 aromatic heterocycles. The Morgan fingerprint density at radius 1 is 0.944 bits per heavy atom. The van der Waals surface area contributed by atoms with Gasteiger partial charge in [-0.15, -0.1) is 0 Å². The van der Waals surface area contributed by atoms with Crippen molar-refractivity contribution in [2.24, 2.45) is 0 Å². The van der Waals surface area contributed by atoms with Crippen molar-refractivity contribution in [2.45, 2.75) is 44.2 Å². The van der Waals surface area contributed by atoms with Gasteiger partial charge in [-0.2, -0.15) is 0 Å². The van der Waals surface area contributed by atoms with Gasteiger partial charge in [-0.3, -0.25) is 9.59 Å². The number of aryl methyl sites for hydroxylation is 2. The number of benzene rings is 2. The molecule has 4 aromatic rings. The van der Waals surface area contributed by atoms with Crippen LogP contribution in [-0.2, 0) is 17.6 Å². The molecule has 0 spiro atoms. The fourth-order valence-electron chi connectivity index (χ4n) is 5.60. The molecule has 1 atom stereocenters. The van der Waals surface area contributed by atoms with E-state index in [9.17, 15) is 9.59 Å². The molecule has 2 aromatic carbocycles. The highest BCUT2D eigenvalue weighted by Gasteiger charge is 2.33. The standard InChI is InChI=1S/C29H29N5O2/c35-27(19-25-22-9-4-5-10-23(22)29(36)32-25)33-17-14-21(15-18-33)34-26(13-12-20-7-2-1-3-8-20)31-24-11-6-16-30-28(24)34/h1-11,16,21,25H,12-15,17-19H2,(H,32,36)/t25-/m1/s1. The summed E-state index contributed by atoms with van der Waals surface area (Å²) in [6.07, 6.45) is 5.62. The fraction of sp³-hybridized carbons (Fsp3) is 0.310. The lowest BCUT2D eigenvalue weighted by Crippen LogP contribution is -2.40. The molecule has 7 nitrogen and oxygen atoms in total. The number of amides is 2. The van der Waals surface area contributed by atoms with E-state index in [-0.39, 0.29) is 23.9 Å². The predicted octanol–water partition coefficient (Wildman–Crippen LogP) is 4.25. The lowest BCUT2D eigenvalue weighted by atomic mass is 10.00. The summed E-state index contributed by atoms with van der Waals surface area (Å²) in [5, 5.41) is 2.97. The fourth-order valence-corrected chi connectivity index (χ4v) is 5.60. The van der Waals surface area contributed by atoms with E-state index in [1.165, 1.54) is 5.56 Å². The van der Waals surface area contributed by atoms with Gasteiger partial charge in [0.1, 0.15) is 11.3 Å². The lowest BCUT2D eigenvalue weighted by Gasteiger charge is -2.34. The van der Waals surface area contributed by atoms with E-state index >= 15 is 0 Å². The largest absolute Gasteiger partial charge is 0.345 e. The maximum absolute atomic E-state index is 13.1. The number of aromatic nitrogens is 3. The maximum atomic E-state index is 13.1. The second-order valence-electron chi connectivity index (χ2n) is 9.66. The average Bonchev–Trinajstić information content (AvgIpc) is 3.45. The molecule has 0 radical (unpaired) electrons. The van der Waals surface area contributed by atoms with Crippen LogP contribution in [0.2, 0.25) is 0 Å². The van der Waals surface area contributed by atoms with E-state index < -0.39 is 0 Å². The number of imidazole rings is 1. The zero-order valence-electron chi connectivity index (χ0n) is 20.1. The first-order valence-electron chi connectivity index (χ1n) is 12.7. The Labute approximate surface area is 210 Å². The van der Waals surface area contributed by atoms with Gasteiger partial charge in [0.05, 0.1) is 12.5 Å². The van der Waals surface area contributed by atoms with Crippen LogP contribution in [0.15, 0.2) is 72.9 Å². The number of nitrogens with one attached hydrogen (secondary N) is 1. The van der Waals surface area contributed by atoms with Crippen molar-refractivity contribution in [1.82, 2.24) is 24.8 Å². The third-order valence-corrected chi connectivity index (χ3v) is 7.45. The minimum atomic E-state index is -0.245. The highest BCUT2D eigenvalue weighted by atomic mass is 16.2. The third-order valence-electron chi connectivity index (χ3n) is 7.45. The molecule has 4 heterocycles. The Hall–Kier alpha value is -4.00. The SMILES string of the molecule is O=C1N[C@H](CC(=O)N2CCC(n3c(CCc4ccccc4)nc4cccnc43)CC2)c2ccccc21. The molecule has 0 aliphatic carbocycles. The second kappa shape index (κ2) is 9.57. The first kappa shape index (κ1) is 22.5. The van der Waals surface area contributed by atoms with Gasteiger partial charge in [0.2, 0.25) is 5.91 Å². The van der Waals surface area contributed by atoms with Gasteiger partial charge in [0, 0.05) is 37.3 Å². The molecule has 1 fully saturated rings. The highest BCUT2D eigenvalue weighted by Crippen LogP contribution is 2.31. The zero-order chi connectivity index (χ0) is 24.5. The van der Waals surface area contributed by atoms with Crippen LogP contribution in [-0.4, -0.2) is 44.3 Å². The number of hydrogen-bond donors (Lipinski definition) is 1. The van der Waals surface area contributed by atoms with Crippen molar-refractivity contribution in [3.05, 3.63) is 95.4 Å². The topological polar surface area (TPSA) is 80.1 Å². The van der Waals surface area contributed by atoms with Gasteiger partial charge in [-0.25, -0.2) is 9.97 Å². The van der Waals surface area contributed by atoms with Crippen LogP contribution in [0, 0.1) is 0 Å². The Morgan fingerprint density at radius 3 is 2.56 bits per heavy atom. The van der Waals surface area contributed by atoms with E-state index in [0.717, 1.165) is 48.2 Å². The molecule has 0 unspecified atom stereocenters. The summed E-state index contributed by atoms with van der Waals surface area (Å²) in [5.41, 5.74) is 4.75. The first-order valence-corrected chi connectivity index (χ1v) is 12.7. The maximum Gasteiger partial charge on any atom is 0.252 e. The number of likely N-dealkylation sites (tertiary alicyclic amines) is 1. The molecule has 7 heteroatoms. The minimum absolute atomic E-state index is 0.0911. The van der Waals surface area contributed by atoms with Crippen molar-refractivity contribution in [2.75, 3.05) is 13.1 Å². The summed E-state index contributed by atoms with van der Waals surface area (Å²) in [6, 6.07) is 22.0. The summed E-state index contributed by atoms with van der Waals surface area (Å²) in [7, 11) is 0. The summed E-state index contributed by atoms with van der Waals surface area (Å²) in [4.78, 5) is 36.9. The number of piperidine rings is 1. The van der Waals surface area contributed by atoms with Crippen molar-refractivity contribution >= 4 is 23.0 Å². The minimum Gasteiger partial charge on any atom is -0.345 e. The normalized spacial score (nSPS) is 17.8. The molecular formula is C29H29N5O2. The smallest absolute Gasteiger partial charge is 0.252 e. The lowest BCUT2D eigenvalue weighted by molar-refractivity contribution is -0.133. The quantitative estimate of drug-likeness (QED) is 0.448. The molecule has 36 heavy (non-hydrogen) atoms. The molecule has 0 saturated carbocycles. The van der Waals surface area contributed by atoms with Crippen LogP contribution in [0.25, 0.3) is 11.2 Å². The molecule has 2 aliphatic rings. The predicted molar refractivity (Wildman–Crippen MR) is 137 cm³/mol. The molecule has 6 rings (SSSR count). The molecule has 182 valence electrons. The van der Waals surface area contributed by atoms with Crippen molar-refractivity contribution < 1.29 is 9.59 Å². The van der Waals surface area contributed by atoms with Crippen LogP contribution in [0.5, 0.6) is 0 Å². The Balaban J connectivity index is 1.15. The Morgan fingerprint density at radius 2 is 1.72 bits per heavy atom. The highest BCUT2D eigenvalue weighted by molar-refractivity contribution is 5.99. The molecule has 1 saturated heterocycles. The van der Waals surface area contributed by atoms with Crippen LogP contribution in [0.1, 0.15) is 58.7 Å². The molecule has 1 N–H and O–H groups in total. The first-order chi connectivity index (χ1) is 17.7. The van der Waals surface area contributed by atoms with Crippen LogP contribution in [0.3, 0.4) is 0 Å². The summed E-state index contributed by atoms with van der Waals surface area (Å²) in [5.74, 6) is 1.06. The van der Waals surface area contributed by atoms with E-state index in [1.54, 1.807) is 0 Å². The zero-order valence-corrected chi connectivity index (χ0v) is 20.1. The molecule has 0 bridgehead atoms. The van der Waals surface area contributed by atoms with Gasteiger partial charge >= 0.3 is 0 Å². The molecule has 2 aliphatic heterocycles. The van der Waals surface area contributed by atoms with E-state index in [4.69, 9.17) is 4.98 Å². The van der Waals surface area contributed by atoms with Crippen LogP contribution >= 0.6 is 0 Å². The van der Waals surface area contributed by atoms with Gasteiger partial charge < -0.3 is 14.8 Å². The molecular weight excluding hydrogens is 450 g/mol. The second-order valence-corrected chi connectivity index (χ2v) is 9.66. The van der Waals surface area contributed by atoms with Crippen molar-refractivity contribution in [1.29, 1.82) is 0 Å². The summed E-state index contributed by atoms with van der Waals surface area (Å²) >= 11 is 0. The van der Waals surface area contributed by atoms with Crippen LogP contribution in [0.4, 0.5) is 0 Å². The van der Waals surface area contributed by atoms with E-state index in [1.807, 2.05) is 53.6 Å². The number of hydrogen-bond acceptors (Lipinski definition) is 4. The van der Waals surface area contributed by atoms with Gasteiger partial charge in [0.25, 0.3) is 5.91 Å². The number of carbonyl (C=O) groups is 2. The van der Waals surface area contributed by atoms with E-state index in [2.05, 4.69) is 39.1 Å². The van der Waals surface area contributed by atoms with Gasteiger partial charge in [-0.1, -0.05) is 48.5 Å². The number of pyridine rings is 1. The van der Waals surface area contributed by atoms with E-state index in [0.29, 0.717) is 25.1 Å². The monoisotopic (exact) mass is 479 g/mol. The number of fused-ring (bicyclic) bond motifs is 2. The molecule has 2 amide bonds. The number of rotatable bonds is 6. The van der Waals surface area contributed by atoms with Crippen LogP contribution < -0.4 is 5.32 Å². The summed E-state index contributed by atoms with van der Waals surface area (Å²) < 4.78 is 2.31. The van der Waals surface area contributed by atoms with Gasteiger partial charge in [-0.05, 0) is 48.6 Å². The average molecular weight is 480 g/mol. The number of nitrogens with zero attached hydrogens (tertiary/aromatic N) is 4. The number of carbonyl (C=O) groups excluding carboxylic acids is 2. The Kier molecular flexibility index (Phi) is 5.97.